The van der Waals surface area contributed by atoms with Crippen LogP contribution in [0.4, 0.5) is 16.2 Å². The van der Waals surface area contributed by atoms with E-state index in [9.17, 15) is 14.4 Å². The third-order valence-electron chi connectivity index (χ3n) is 3.00. The first-order chi connectivity index (χ1) is 12.0. The van der Waals surface area contributed by atoms with Crippen LogP contribution in [0.5, 0.6) is 0 Å². The molecule has 8 nitrogen and oxygen atoms in total. The van der Waals surface area contributed by atoms with E-state index in [-0.39, 0.29) is 12.3 Å². The number of amides is 4. The molecular weight excluding hydrogens is 348 g/mol. The molecule has 0 saturated heterocycles. The maximum Gasteiger partial charge on any atom is 0.321 e. The van der Waals surface area contributed by atoms with Gasteiger partial charge in [-0.1, -0.05) is 11.6 Å². The number of hydrogen-bond acceptors (Lipinski definition) is 5. The van der Waals surface area contributed by atoms with Crippen molar-refractivity contribution in [1.82, 2.24) is 10.6 Å². The minimum atomic E-state index is -0.572. The Hall–Kier alpha value is -3.00. The second-order valence-corrected chi connectivity index (χ2v) is 5.32. The summed E-state index contributed by atoms with van der Waals surface area (Å²) in [6.45, 7) is 1.99. The van der Waals surface area contributed by atoms with Crippen LogP contribution >= 0.6 is 11.6 Å². The first kappa shape index (κ1) is 18.3. The molecule has 0 spiro atoms. The van der Waals surface area contributed by atoms with Gasteiger partial charge in [0.15, 0.2) is 5.76 Å². The number of carbonyl (C=O) groups is 3. The van der Waals surface area contributed by atoms with Gasteiger partial charge < -0.3 is 20.4 Å². The van der Waals surface area contributed by atoms with E-state index in [2.05, 4.69) is 21.3 Å². The molecule has 0 atom stereocenters. The van der Waals surface area contributed by atoms with E-state index >= 15 is 0 Å². The molecule has 132 valence electrons. The van der Waals surface area contributed by atoms with Gasteiger partial charge in [-0.25, -0.2) is 4.79 Å². The van der Waals surface area contributed by atoms with E-state index < -0.39 is 17.8 Å². The molecule has 0 fully saturated rings. The van der Waals surface area contributed by atoms with Gasteiger partial charge in [0.25, 0.3) is 5.91 Å². The maximum atomic E-state index is 12.1. The summed E-state index contributed by atoms with van der Waals surface area (Å²) in [5, 5.41) is 10.5. The van der Waals surface area contributed by atoms with Crippen LogP contribution in [0, 0.1) is 0 Å². The fourth-order valence-electron chi connectivity index (χ4n) is 1.92. The van der Waals surface area contributed by atoms with Gasteiger partial charge >= 0.3 is 6.03 Å². The lowest BCUT2D eigenvalue weighted by Crippen LogP contribution is -2.41. The van der Waals surface area contributed by atoms with Crippen LogP contribution in [0.15, 0.2) is 41.0 Å². The summed E-state index contributed by atoms with van der Waals surface area (Å²) in [6.07, 6.45) is 1.39. The molecule has 0 aliphatic rings. The number of imide groups is 1. The predicted octanol–water partition coefficient (Wildman–Crippen LogP) is 2.44. The van der Waals surface area contributed by atoms with E-state index in [0.29, 0.717) is 22.9 Å². The summed E-state index contributed by atoms with van der Waals surface area (Å²) < 4.78 is 5.03. The van der Waals surface area contributed by atoms with Gasteiger partial charge in [-0.3, -0.25) is 14.9 Å². The molecule has 0 radical (unpaired) electrons. The van der Waals surface area contributed by atoms with E-state index in [1.807, 2.05) is 0 Å². The second-order valence-electron chi connectivity index (χ2n) is 4.88. The average Bonchev–Trinajstić information content (AvgIpc) is 3.09. The third-order valence-corrected chi connectivity index (χ3v) is 3.24. The lowest BCUT2D eigenvalue weighted by molar-refractivity contribution is -0.118. The summed E-state index contributed by atoms with van der Waals surface area (Å²) in [6, 6.07) is 7.29. The lowest BCUT2D eigenvalue weighted by atomic mass is 10.2. The Labute approximate surface area is 148 Å². The molecule has 0 aliphatic carbocycles. The van der Waals surface area contributed by atoms with Crippen LogP contribution in [-0.2, 0) is 4.79 Å². The minimum absolute atomic E-state index is 0.139. The van der Waals surface area contributed by atoms with Crippen LogP contribution in [0.2, 0.25) is 5.02 Å². The number of anilines is 2. The number of halogens is 1. The third kappa shape index (κ3) is 5.54. The van der Waals surface area contributed by atoms with Gasteiger partial charge in [-0.15, -0.1) is 0 Å². The van der Waals surface area contributed by atoms with Crippen LogP contribution < -0.4 is 21.3 Å². The Morgan fingerprint density at radius 1 is 1.16 bits per heavy atom. The van der Waals surface area contributed by atoms with Gasteiger partial charge in [0.05, 0.1) is 24.2 Å². The number of carbonyl (C=O) groups excluding carboxylic acids is 3. The predicted molar refractivity (Wildman–Crippen MR) is 93.8 cm³/mol. The summed E-state index contributed by atoms with van der Waals surface area (Å²) in [4.78, 5) is 35.1. The Balaban J connectivity index is 2.02. The molecule has 4 amide bonds. The monoisotopic (exact) mass is 364 g/mol. The van der Waals surface area contributed by atoms with E-state index in [1.165, 1.54) is 18.4 Å². The normalized spacial score (nSPS) is 10.0. The number of urea groups is 1. The fourth-order valence-corrected chi connectivity index (χ4v) is 2.09. The van der Waals surface area contributed by atoms with Crippen molar-refractivity contribution in [2.75, 3.05) is 23.7 Å². The molecule has 2 aromatic rings. The van der Waals surface area contributed by atoms with Crippen molar-refractivity contribution in [2.24, 2.45) is 0 Å². The smallest absolute Gasteiger partial charge is 0.321 e. The summed E-state index contributed by atoms with van der Waals surface area (Å²) >= 11 is 5.96. The molecule has 9 heteroatoms. The van der Waals surface area contributed by atoms with Crippen LogP contribution in [0.3, 0.4) is 0 Å². The zero-order valence-electron chi connectivity index (χ0n) is 13.4. The Bertz CT molecular complexity index is 762. The lowest BCUT2D eigenvalue weighted by Gasteiger charge is -2.13. The van der Waals surface area contributed by atoms with Gasteiger partial charge in [0.2, 0.25) is 5.91 Å². The number of furan rings is 1. The molecule has 0 saturated carbocycles. The van der Waals surface area contributed by atoms with E-state index in [4.69, 9.17) is 16.0 Å². The molecule has 1 aromatic heterocycles. The molecule has 0 aliphatic heterocycles. The van der Waals surface area contributed by atoms with Crippen LogP contribution in [0.25, 0.3) is 0 Å². The van der Waals surface area contributed by atoms with Crippen molar-refractivity contribution in [3.05, 3.63) is 47.4 Å². The minimum Gasteiger partial charge on any atom is -0.459 e. The fraction of sp³-hybridized carbons (Fsp3) is 0.188. The Morgan fingerprint density at radius 2 is 1.96 bits per heavy atom. The molecule has 25 heavy (non-hydrogen) atoms. The SMILES string of the molecule is CCNC(=O)NC(=O)CNc1ccc(Cl)cc1NC(=O)c1ccco1. The molecule has 0 bridgehead atoms. The number of benzene rings is 1. The molecule has 0 unspecified atom stereocenters. The van der Waals surface area contributed by atoms with Crippen molar-refractivity contribution < 1.29 is 18.8 Å². The standard InChI is InChI=1S/C16H17ClN4O4/c1-2-18-16(24)21-14(22)9-19-11-6-5-10(17)8-12(11)20-15(23)13-4-3-7-25-13/h3-8,19H,2,9H2,1H3,(H,20,23)(H2,18,21,22,24). The molecular formula is C16H17ClN4O4. The highest BCUT2D eigenvalue weighted by Gasteiger charge is 2.13. The highest BCUT2D eigenvalue weighted by atomic mass is 35.5. The summed E-state index contributed by atoms with van der Waals surface area (Å²) in [7, 11) is 0. The van der Waals surface area contributed by atoms with Crippen molar-refractivity contribution in [3.8, 4) is 0 Å². The Morgan fingerprint density at radius 3 is 2.64 bits per heavy atom. The molecule has 2 rings (SSSR count). The molecule has 1 aromatic carbocycles. The molecule has 1 heterocycles. The van der Waals surface area contributed by atoms with Crippen molar-refractivity contribution in [2.45, 2.75) is 6.92 Å². The van der Waals surface area contributed by atoms with Crippen molar-refractivity contribution in [3.63, 3.8) is 0 Å². The number of rotatable bonds is 6. The van der Waals surface area contributed by atoms with Gasteiger partial charge in [0, 0.05) is 11.6 Å². The zero-order valence-corrected chi connectivity index (χ0v) is 14.1. The maximum absolute atomic E-state index is 12.1. The number of hydrogen-bond donors (Lipinski definition) is 4. The first-order valence-electron chi connectivity index (χ1n) is 7.45. The highest BCUT2D eigenvalue weighted by Crippen LogP contribution is 2.26. The molecule has 4 N–H and O–H groups in total. The topological polar surface area (TPSA) is 112 Å². The summed E-state index contributed by atoms with van der Waals surface area (Å²) in [5.41, 5.74) is 0.843. The number of nitrogens with one attached hydrogen (secondary N) is 4. The average molecular weight is 365 g/mol. The zero-order chi connectivity index (χ0) is 18.2. The summed E-state index contributed by atoms with van der Waals surface area (Å²) in [5.74, 6) is -0.841. The van der Waals surface area contributed by atoms with Crippen LogP contribution in [-0.4, -0.2) is 30.9 Å². The van der Waals surface area contributed by atoms with Gasteiger partial charge in [0.1, 0.15) is 0 Å². The highest BCUT2D eigenvalue weighted by molar-refractivity contribution is 6.31. The van der Waals surface area contributed by atoms with E-state index in [1.54, 1.807) is 25.1 Å². The van der Waals surface area contributed by atoms with Gasteiger partial charge in [-0.2, -0.15) is 0 Å². The van der Waals surface area contributed by atoms with Crippen molar-refractivity contribution in [1.29, 1.82) is 0 Å². The van der Waals surface area contributed by atoms with E-state index in [0.717, 1.165) is 0 Å². The quantitative estimate of drug-likeness (QED) is 0.629. The Kier molecular flexibility index (Phi) is 6.41. The van der Waals surface area contributed by atoms with Gasteiger partial charge in [-0.05, 0) is 37.3 Å². The second kappa shape index (κ2) is 8.74. The van der Waals surface area contributed by atoms with Crippen molar-refractivity contribution >= 4 is 40.8 Å². The largest absolute Gasteiger partial charge is 0.459 e. The first-order valence-corrected chi connectivity index (χ1v) is 7.83. The van der Waals surface area contributed by atoms with Crippen LogP contribution in [0.1, 0.15) is 17.5 Å².